The second kappa shape index (κ2) is 27.2. The van der Waals surface area contributed by atoms with Crippen molar-refractivity contribution >= 4 is 102 Å². The van der Waals surface area contributed by atoms with Gasteiger partial charge in [-0.2, -0.15) is 76.0 Å². The summed E-state index contributed by atoms with van der Waals surface area (Å²) in [6.07, 6.45) is -6.08. The van der Waals surface area contributed by atoms with Crippen molar-refractivity contribution in [1.29, 1.82) is 0 Å². The molecule has 2 aromatic carbocycles. The molecule has 2 amide bonds. The van der Waals surface area contributed by atoms with E-state index in [1.165, 1.54) is 68.2 Å². The normalized spacial score (nSPS) is 14.3. The summed E-state index contributed by atoms with van der Waals surface area (Å²) in [5.74, 6) is -1.02. The van der Waals surface area contributed by atoms with Crippen LogP contribution in [0, 0.1) is 0 Å². The van der Waals surface area contributed by atoms with Crippen LogP contribution in [0.3, 0.4) is 0 Å². The molecule has 0 radical (unpaired) electrons. The summed E-state index contributed by atoms with van der Waals surface area (Å²) >= 11 is 0. The van der Waals surface area contributed by atoms with Crippen molar-refractivity contribution in [3.8, 4) is 11.8 Å². The zero-order valence-electron chi connectivity index (χ0n) is 46.1. The highest BCUT2D eigenvalue weighted by molar-refractivity contribution is 7.87. The molecule has 454 valence electrons. The van der Waals surface area contributed by atoms with E-state index < -0.39 is 67.3 Å². The molecule has 2 aliphatic rings. The first-order chi connectivity index (χ1) is 40.2. The van der Waals surface area contributed by atoms with Crippen LogP contribution >= 0.6 is 0 Å². The number of rotatable bonds is 20. The van der Waals surface area contributed by atoms with Crippen molar-refractivity contribution in [3.05, 3.63) is 122 Å². The number of benzene rings is 2. The van der Waals surface area contributed by atoms with Gasteiger partial charge < -0.3 is 51.2 Å². The van der Waals surface area contributed by atoms with Crippen molar-refractivity contribution in [2.75, 3.05) is 129 Å². The Morgan fingerprint density at radius 2 is 0.965 bits per heavy atom. The van der Waals surface area contributed by atoms with Crippen LogP contribution in [-0.2, 0) is 42.4 Å². The number of ether oxygens (including phenoxy) is 2. The van der Waals surface area contributed by atoms with Crippen molar-refractivity contribution in [2.45, 2.75) is 12.4 Å². The van der Waals surface area contributed by atoms with Gasteiger partial charge in [0.05, 0.1) is 14.2 Å². The third-order valence-corrected chi connectivity index (χ3v) is 15.9. The Morgan fingerprint density at radius 3 is 1.32 bits per heavy atom. The fourth-order valence-corrected chi connectivity index (χ4v) is 10.1. The van der Waals surface area contributed by atoms with E-state index in [1.54, 1.807) is 48.5 Å². The Bertz CT molecular complexity index is 3630. The average Bonchev–Trinajstić information content (AvgIpc) is 2.43. The SMILES string of the molecule is C=CC(=O)Nc1cccc(Nc2nc(Nc3ccc(N4CCN(S(=O)(=O)N(C)C)CC4)nc3OC)ncc2C(F)(F)F)c1.C=CC(=O)Nc1cccc(Nc2nc(Nc3ccc(N4CCN(S(=O)(=O)NC)CC4)nc3OC)ncc2C(F)(F)F)c1. The minimum atomic E-state index is -4.76. The molecule has 34 heteroatoms. The van der Waals surface area contributed by atoms with Gasteiger partial charge in [0.2, 0.25) is 35.5 Å². The molecule has 2 fully saturated rings. The summed E-state index contributed by atoms with van der Waals surface area (Å²) in [6.45, 7) is 9.35. The number of carbonyl (C=O) groups is 2. The van der Waals surface area contributed by atoms with Crippen molar-refractivity contribution in [2.24, 2.45) is 0 Å². The molecule has 0 unspecified atom stereocenters. The van der Waals surface area contributed by atoms with Crippen LogP contribution in [0.4, 0.5) is 95.6 Å². The lowest BCUT2D eigenvalue weighted by Gasteiger charge is -2.35. The first-order valence-corrected chi connectivity index (χ1v) is 28.1. The fourth-order valence-electron chi connectivity index (χ4n) is 8.12. The maximum absolute atomic E-state index is 13.8. The smallest absolute Gasteiger partial charge is 0.421 e. The standard InChI is InChI=1S/C26H30F3N9O4S.C25H28F3N9O4S/c1-5-22(39)31-17-7-6-8-18(15-17)32-23-19(26(27,28)29)16-30-25(35-23)33-20-9-10-21(34-24(20)42-4)37-11-13-38(14-12-37)43(40,41)36(2)3;1-4-21(38)31-16-6-5-7-17(14-16)32-22-18(25(26,27)28)15-30-24(35-22)33-19-8-9-20(34-23(19)41-3)36-10-12-37(13-11-36)42(39,40)29-2/h5-10,15-16H,1,11-14H2,2-4H3,(H,31,39)(H2,30,32,33,35);4-9,14-15,29H,1,10-13H2,2-3H3,(H,31,38)(H2,30,32,33,35). The largest absolute Gasteiger partial charge is 0.479 e. The van der Waals surface area contributed by atoms with Crippen molar-refractivity contribution in [1.82, 2.24) is 47.5 Å². The second-order valence-corrected chi connectivity index (χ2v) is 22.2. The third-order valence-electron chi connectivity index (χ3n) is 12.4. The van der Waals surface area contributed by atoms with Crippen LogP contribution in [-0.4, -0.2) is 159 Å². The number of nitrogens with zero attached hydrogens (tertiary/aromatic N) is 11. The summed E-state index contributed by atoms with van der Waals surface area (Å²) in [7, 11) is 0.00762. The maximum Gasteiger partial charge on any atom is 0.421 e. The molecule has 0 aliphatic carbocycles. The molecular formula is C51H58F6N18O8S2. The Balaban J connectivity index is 0.000000244. The molecule has 85 heavy (non-hydrogen) atoms. The lowest BCUT2D eigenvalue weighted by atomic mass is 10.2. The second-order valence-electron chi connectivity index (χ2n) is 18.2. The molecule has 2 saturated heterocycles. The topological polar surface area (TPSA) is 299 Å². The van der Waals surface area contributed by atoms with E-state index in [2.05, 4.69) is 79.7 Å². The summed E-state index contributed by atoms with van der Waals surface area (Å²) in [5, 5.41) is 16.1. The molecule has 2 aliphatic heterocycles. The average molecular weight is 1230 g/mol. The number of methoxy groups -OCH3 is 2. The lowest BCUT2D eigenvalue weighted by Crippen LogP contribution is -2.51. The maximum atomic E-state index is 13.8. The van der Waals surface area contributed by atoms with E-state index in [0.717, 1.165) is 16.5 Å². The number of nitrogens with one attached hydrogen (secondary N) is 7. The van der Waals surface area contributed by atoms with Gasteiger partial charge in [-0.1, -0.05) is 25.3 Å². The number of carbonyl (C=O) groups excluding carboxylic acids is 2. The monoisotopic (exact) mass is 1230 g/mol. The molecule has 0 saturated carbocycles. The summed E-state index contributed by atoms with van der Waals surface area (Å²) in [6, 6.07) is 18.7. The van der Waals surface area contributed by atoms with E-state index in [1.807, 2.05) is 9.80 Å². The third kappa shape index (κ3) is 16.4. The van der Waals surface area contributed by atoms with Gasteiger partial charge in [0.1, 0.15) is 45.8 Å². The number of alkyl halides is 6. The number of amides is 2. The molecule has 6 aromatic rings. The number of halogens is 6. The van der Waals surface area contributed by atoms with E-state index >= 15 is 0 Å². The summed E-state index contributed by atoms with van der Waals surface area (Å²) in [4.78, 5) is 51.7. The minimum absolute atomic E-state index is 0.126. The van der Waals surface area contributed by atoms with E-state index in [0.29, 0.717) is 67.3 Å². The van der Waals surface area contributed by atoms with Gasteiger partial charge in [-0.3, -0.25) is 9.59 Å². The highest BCUT2D eigenvalue weighted by atomic mass is 32.2. The first-order valence-electron chi connectivity index (χ1n) is 25.2. The molecule has 0 atom stereocenters. The van der Waals surface area contributed by atoms with E-state index in [-0.39, 0.29) is 66.9 Å². The molecule has 4 aromatic heterocycles. The van der Waals surface area contributed by atoms with Gasteiger partial charge in [0.25, 0.3) is 20.4 Å². The van der Waals surface area contributed by atoms with Gasteiger partial charge in [0, 0.05) is 109 Å². The van der Waals surface area contributed by atoms with Crippen LogP contribution in [0.5, 0.6) is 11.8 Å². The Hall–Kier alpha value is -8.96. The van der Waals surface area contributed by atoms with Gasteiger partial charge in [0.15, 0.2) is 0 Å². The quantitative estimate of drug-likeness (QED) is 0.0315. The lowest BCUT2D eigenvalue weighted by molar-refractivity contribution is -0.138. The fraction of sp³-hybridized carbons (Fsp3) is 0.294. The van der Waals surface area contributed by atoms with Gasteiger partial charge in [-0.25, -0.2) is 14.7 Å². The predicted octanol–water partition coefficient (Wildman–Crippen LogP) is 6.54. The van der Waals surface area contributed by atoms with Crippen LogP contribution in [0.1, 0.15) is 11.1 Å². The molecule has 8 rings (SSSR count). The zero-order chi connectivity index (χ0) is 61.9. The Kier molecular flexibility index (Phi) is 20.3. The number of anilines is 12. The summed E-state index contributed by atoms with van der Waals surface area (Å²) < 4.78 is 149. The van der Waals surface area contributed by atoms with Crippen LogP contribution in [0.25, 0.3) is 0 Å². The van der Waals surface area contributed by atoms with Crippen LogP contribution < -0.4 is 55.9 Å². The number of pyridine rings is 2. The number of piperazine rings is 2. The number of aromatic nitrogens is 6. The van der Waals surface area contributed by atoms with E-state index in [9.17, 15) is 52.8 Å². The minimum Gasteiger partial charge on any atom is -0.479 e. The molecule has 0 bridgehead atoms. The zero-order valence-corrected chi connectivity index (χ0v) is 47.7. The highest BCUT2D eigenvalue weighted by Gasteiger charge is 2.37. The van der Waals surface area contributed by atoms with Gasteiger partial charge in [-0.15, -0.1) is 0 Å². The molecule has 6 heterocycles. The van der Waals surface area contributed by atoms with Crippen LogP contribution in [0.2, 0.25) is 0 Å². The Morgan fingerprint density at radius 1 is 0.576 bits per heavy atom. The number of hydrogen-bond donors (Lipinski definition) is 7. The number of hydrogen-bond acceptors (Lipinski definition) is 20. The molecular weight excluding hydrogens is 1170 g/mol. The van der Waals surface area contributed by atoms with E-state index in [4.69, 9.17) is 9.47 Å². The predicted molar refractivity (Wildman–Crippen MR) is 307 cm³/mol. The van der Waals surface area contributed by atoms with Crippen LogP contribution in [0.15, 0.2) is 111 Å². The van der Waals surface area contributed by atoms with Gasteiger partial charge in [-0.05, 0) is 72.8 Å². The molecule has 7 N–H and O–H groups in total. The molecule has 0 spiro atoms. The molecule has 26 nitrogen and oxygen atoms in total. The van der Waals surface area contributed by atoms with Crippen molar-refractivity contribution in [3.63, 3.8) is 0 Å². The Labute approximate surface area is 484 Å². The van der Waals surface area contributed by atoms with Crippen molar-refractivity contribution < 1.29 is 62.2 Å². The highest BCUT2D eigenvalue weighted by Crippen LogP contribution is 2.39. The summed E-state index contributed by atoms with van der Waals surface area (Å²) in [5.41, 5.74) is -0.475. The van der Waals surface area contributed by atoms with Gasteiger partial charge >= 0.3 is 12.4 Å². The first kappa shape index (κ1) is 63.6.